The number of nitrogens with zero attached hydrogens (tertiary/aromatic N) is 2. The molecular weight excluding hydrogens is 338 g/mol. The number of aryl methyl sites for hydroxylation is 1. The summed E-state index contributed by atoms with van der Waals surface area (Å²) in [6, 6.07) is 13.1. The van der Waals surface area contributed by atoms with Gasteiger partial charge in [0.25, 0.3) is 0 Å². The van der Waals surface area contributed by atoms with Gasteiger partial charge in [0.2, 0.25) is 15.9 Å². The Morgan fingerprint density at radius 3 is 2.48 bits per heavy atom. The summed E-state index contributed by atoms with van der Waals surface area (Å²) in [7, 11) is -3.38. The SMILES string of the molecule is Cc1ccc(CC(=O)NCCN(Cc2ccccn2)S(C)(=O)=O)cc1. The highest BCUT2D eigenvalue weighted by atomic mass is 32.2. The Balaban J connectivity index is 1.86. The van der Waals surface area contributed by atoms with Gasteiger partial charge in [0, 0.05) is 19.3 Å². The fraction of sp³-hybridized carbons (Fsp3) is 0.333. The van der Waals surface area contributed by atoms with Crippen LogP contribution < -0.4 is 5.32 Å². The van der Waals surface area contributed by atoms with Gasteiger partial charge in [-0.3, -0.25) is 9.78 Å². The largest absolute Gasteiger partial charge is 0.354 e. The number of benzene rings is 1. The van der Waals surface area contributed by atoms with E-state index < -0.39 is 10.0 Å². The molecule has 0 aliphatic heterocycles. The summed E-state index contributed by atoms with van der Waals surface area (Å²) in [5.41, 5.74) is 2.73. The number of carbonyl (C=O) groups excluding carboxylic acids is 1. The summed E-state index contributed by atoms with van der Waals surface area (Å²) in [5, 5.41) is 2.77. The zero-order valence-electron chi connectivity index (χ0n) is 14.5. The number of aromatic nitrogens is 1. The highest BCUT2D eigenvalue weighted by molar-refractivity contribution is 7.88. The maximum atomic E-state index is 12.0. The van der Waals surface area contributed by atoms with Crippen molar-refractivity contribution in [3.8, 4) is 0 Å². The normalized spacial score (nSPS) is 11.5. The number of pyridine rings is 1. The summed E-state index contributed by atoms with van der Waals surface area (Å²) in [6.07, 6.45) is 3.06. The van der Waals surface area contributed by atoms with Gasteiger partial charge in [-0.2, -0.15) is 4.31 Å². The Morgan fingerprint density at radius 1 is 1.16 bits per heavy atom. The third-order valence-electron chi connectivity index (χ3n) is 3.70. The van der Waals surface area contributed by atoms with Crippen molar-refractivity contribution in [2.45, 2.75) is 19.9 Å². The Labute approximate surface area is 148 Å². The van der Waals surface area contributed by atoms with Gasteiger partial charge in [-0.25, -0.2) is 8.42 Å². The molecule has 0 radical (unpaired) electrons. The first-order valence-electron chi connectivity index (χ1n) is 8.02. The lowest BCUT2D eigenvalue weighted by Gasteiger charge is -2.19. The lowest BCUT2D eigenvalue weighted by molar-refractivity contribution is -0.120. The predicted octanol–water partition coefficient (Wildman–Crippen LogP) is 1.51. The number of sulfonamides is 1. The number of amides is 1. The predicted molar refractivity (Wildman–Crippen MR) is 97.4 cm³/mol. The minimum atomic E-state index is -3.38. The smallest absolute Gasteiger partial charge is 0.224 e. The van der Waals surface area contributed by atoms with Crippen LogP contribution in [0.25, 0.3) is 0 Å². The summed E-state index contributed by atoms with van der Waals surface area (Å²) in [6.45, 7) is 2.64. The van der Waals surface area contributed by atoms with Crippen molar-refractivity contribution >= 4 is 15.9 Å². The highest BCUT2D eigenvalue weighted by Gasteiger charge is 2.17. The second kappa shape index (κ2) is 8.73. The molecule has 1 amide bonds. The van der Waals surface area contributed by atoms with E-state index in [-0.39, 0.29) is 32.0 Å². The third kappa shape index (κ3) is 6.64. The molecule has 0 atom stereocenters. The van der Waals surface area contributed by atoms with E-state index in [1.807, 2.05) is 37.3 Å². The van der Waals surface area contributed by atoms with Crippen molar-refractivity contribution < 1.29 is 13.2 Å². The fourth-order valence-corrected chi connectivity index (χ4v) is 3.10. The molecule has 0 saturated carbocycles. The van der Waals surface area contributed by atoms with Gasteiger partial charge in [-0.15, -0.1) is 0 Å². The van der Waals surface area contributed by atoms with Crippen LogP contribution in [-0.4, -0.2) is 43.0 Å². The maximum Gasteiger partial charge on any atom is 0.224 e. The molecule has 7 heteroatoms. The summed E-state index contributed by atoms with van der Waals surface area (Å²) in [4.78, 5) is 16.1. The first-order valence-corrected chi connectivity index (χ1v) is 9.87. The highest BCUT2D eigenvalue weighted by Crippen LogP contribution is 2.06. The summed E-state index contributed by atoms with van der Waals surface area (Å²) >= 11 is 0. The molecule has 2 rings (SSSR count). The first-order chi connectivity index (χ1) is 11.8. The average molecular weight is 361 g/mol. The Hall–Kier alpha value is -2.25. The van der Waals surface area contributed by atoms with Crippen LogP contribution in [0.5, 0.6) is 0 Å². The molecule has 1 N–H and O–H groups in total. The fourth-order valence-electron chi connectivity index (χ4n) is 2.31. The van der Waals surface area contributed by atoms with Gasteiger partial charge in [-0.1, -0.05) is 35.9 Å². The molecular formula is C18H23N3O3S. The quantitative estimate of drug-likeness (QED) is 0.773. The van der Waals surface area contributed by atoms with Crippen LogP contribution in [-0.2, 0) is 27.8 Å². The van der Waals surface area contributed by atoms with Crippen LogP contribution in [0.3, 0.4) is 0 Å². The van der Waals surface area contributed by atoms with Crippen molar-refractivity contribution in [3.63, 3.8) is 0 Å². The van der Waals surface area contributed by atoms with Crippen molar-refractivity contribution in [2.75, 3.05) is 19.3 Å². The zero-order valence-corrected chi connectivity index (χ0v) is 15.3. The Kier molecular flexibility index (Phi) is 6.66. The van der Waals surface area contributed by atoms with Gasteiger partial charge < -0.3 is 5.32 Å². The molecule has 1 aromatic heterocycles. The molecule has 25 heavy (non-hydrogen) atoms. The number of nitrogens with one attached hydrogen (secondary N) is 1. The molecule has 2 aromatic rings. The van der Waals surface area contributed by atoms with E-state index >= 15 is 0 Å². The molecule has 1 heterocycles. The molecule has 0 fully saturated rings. The van der Waals surface area contributed by atoms with Crippen molar-refractivity contribution in [1.82, 2.24) is 14.6 Å². The first kappa shape index (κ1) is 19.1. The topological polar surface area (TPSA) is 79.4 Å². The lowest BCUT2D eigenvalue weighted by Crippen LogP contribution is -2.38. The molecule has 134 valence electrons. The van der Waals surface area contributed by atoms with Crippen molar-refractivity contribution in [3.05, 3.63) is 65.5 Å². The average Bonchev–Trinajstić information content (AvgIpc) is 2.56. The monoisotopic (exact) mass is 361 g/mol. The van der Waals surface area contributed by atoms with Crippen LogP contribution in [0.2, 0.25) is 0 Å². The van der Waals surface area contributed by atoms with E-state index in [0.717, 1.165) is 17.4 Å². The second-order valence-electron chi connectivity index (χ2n) is 5.93. The van der Waals surface area contributed by atoms with Gasteiger partial charge in [-0.05, 0) is 24.6 Å². The van der Waals surface area contributed by atoms with Gasteiger partial charge in [0.1, 0.15) is 0 Å². The summed E-state index contributed by atoms with van der Waals surface area (Å²) in [5.74, 6) is -0.129. The van der Waals surface area contributed by atoms with E-state index in [1.54, 1.807) is 18.3 Å². The van der Waals surface area contributed by atoms with Gasteiger partial charge in [0.05, 0.1) is 24.9 Å². The maximum absolute atomic E-state index is 12.0. The number of rotatable bonds is 8. The van der Waals surface area contributed by atoms with Crippen LogP contribution in [0.1, 0.15) is 16.8 Å². The van der Waals surface area contributed by atoms with Crippen LogP contribution in [0.15, 0.2) is 48.7 Å². The van der Waals surface area contributed by atoms with E-state index in [4.69, 9.17) is 0 Å². The van der Waals surface area contributed by atoms with Gasteiger partial charge >= 0.3 is 0 Å². The number of hydrogen-bond acceptors (Lipinski definition) is 4. The van der Waals surface area contributed by atoms with E-state index in [9.17, 15) is 13.2 Å². The Morgan fingerprint density at radius 2 is 1.88 bits per heavy atom. The van der Waals surface area contributed by atoms with Crippen LogP contribution in [0.4, 0.5) is 0 Å². The number of hydrogen-bond donors (Lipinski definition) is 1. The van der Waals surface area contributed by atoms with Crippen molar-refractivity contribution in [2.24, 2.45) is 0 Å². The number of carbonyl (C=O) groups is 1. The molecule has 1 aromatic carbocycles. The molecule has 0 aliphatic carbocycles. The second-order valence-corrected chi connectivity index (χ2v) is 7.91. The minimum absolute atomic E-state index is 0.129. The Bertz CT molecular complexity index is 790. The third-order valence-corrected chi connectivity index (χ3v) is 4.95. The van der Waals surface area contributed by atoms with E-state index in [0.29, 0.717) is 5.69 Å². The molecule has 0 unspecified atom stereocenters. The molecule has 0 spiro atoms. The minimum Gasteiger partial charge on any atom is -0.354 e. The van der Waals surface area contributed by atoms with Crippen LogP contribution in [0, 0.1) is 6.92 Å². The standard InChI is InChI=1S/C18H23N3O3S/c1-15-6-8-16(9-7-15)13-18(22)20-11-12-21(25(2,23)24)14-17-5-3-4-10-19-17/h3-10H,11-14H2,1-2H3,(H,20,22). The van der Waals surface area contributed by atoms with Gasteiger partial charge in [0.15, 0.2) is 0 Å². The molecule has 6 nitrogen and oxygen atoms in total. The zero-order chi connectivity index (χ0) is 18.3. The molecule has 0 saturated heterocycles. The summed E-state index contributed by atoms with van der Waals surface area (Å²) < 4.78 is 25.1. The van der Waals surface area contributed by atoms with Crippen molar-refractivity contribution in [1.29, 1.82) is 0 Å². The van der Waals surface area contributed by atoms with E-state index in [2.05, 4.69) is 10.3 Å². The van der Waals surface area contributed by atoms with E-state index in [1.165, 1.54) is 4.31 Å². The van der Waals surface area contributed by atoms with Crippen LogP contribution >= 0.6 is 0 Å². The molecule has 0 aliphatic rings. The lowest BCUT2D eigenvalue weighted by atomic mass is 10.1. The molecule has 0 bridgehead atoms.